The Kier molecular flexibility index (Phi) is 2.47. The quantitative estimate of drug-likeness (QED) is 0.658. The van der Waals surface area contributed by atoms with Crippen LogP contribution in [0, 0.1) is 0 Å². The van der Waals surface area contributed by atoms with Crippen LogP contribution in [0.1, 0.15) is 0 Å². The summed E-state index contributed by atoms with van der Waals surface area (Å²) in [5.74, 6) is 0. The molecule has 82 valence electrons. The fourth-order valence-corrected chi connectivity index (χ4v) is 1.94. The van der Waals surface area contributed by atoms with Crippen LogP contribution in [0.25, 0.3) is 10.8 Å². The number of pyridine rings is 1. The van der Waals surface area contributed by atoms with E-state index in [4.69, 9.17) is 0 Å². The van der Waals surface area contributed by atoms with Gasteiger partial charge in [0, 0.05) is 17.5 Å². The second kappa shape index (κ2) is 4.26. The molecular formula is C15H13N2+. The van der Waals surface area contributed by atoms with Crippen LogP contribution >= 0.6 is 0 Å². The minimum Gasteiger partial charge on any atom is -0.160 e. The van der Waals surface area contributed by atoms with Crippen molar-refractivity contribution in [3.8, 4) is 0 Å². The monoisotopic (exact) mass is 221 g/mol. The summed E-state index contributed by atoms with van der Waals surface area (Å²) < 4.78 is 1.95. The predicted octanol–water partition coefficient (Wildman–Crippen LogP) is 3.00. The summed E-state index contributed by atoms with van der Waals surface area (Å²) in [6.07, 6.45) is 3.98. The number of aromatic nitrogens is 1. The van der Waals surface area contributed by atoms with E-state index in [0.29, 0.717) is 0 Å². The number of benzene rings is 2. The van der Waals surface area contributed by atoms with Crippen molar-refractivity contribution >= 4 is 16.5 Å². The molecule has 0 aliphatic heterocycles. The van der Waals surface area contributed by atoms with Gasteiger partial charge in [-0.05, 0) is 11.5 Å². The van der Waals surface area contributed by atoms with Crippen molar-refractivity contribution in [2.45, 2.75) is 0 Å². The molecule has 0 spiro atoms. The van der Waals surface area contributed by atoms with E-state index in [1.165, 1.54) is 10.8 Å². The van der Waals surface area contributed by atoms with Crippen molar-refractivity contribution in [2.75, 3.05) is 5.43 Å². The topological polar surface area (TPSA) is 15.9 Å². The lowest BCUT2D eigenvalue weighted by molar-refractivity contribution is -0.642. The van der Waals surface area contributed by atoms with Crippen molar-refractivity contribution < 1.29 is 4.68 Å². The van der Waals surface area contributed by atoms with Crippen molar-refractivity contribution in [3.63, 3.8) is 0 Å². The Bertz CT molecular complexity index is 627. The number of rotatable bonds is 2. The van der Waals surface area contributed by atoms with Crippen molar-refractivity contribution in [3.05, 3.63) is 73.1 Å². The van der Waals surface area contributed by atoms with Gasteiger partial charge in [-0.25, -0.2) is 0 Å². The standard InChI is InChI=1S/C15H13N2/c1-4-11-17(12-5-1)16-15-10-6-8-13-7-2-3-9-14(13)15/h1-12,16H/q+1. The summed E-state index contributed by atoms with van der Waals surface area (Å²) >= 11 is 0. The molecule has 0 fully saturated rings. The van der Waals surface area contributed by atoms with E-state index in [1.54, 1.807) is 0 Å². The zero-order valence-corrected chi connectivity index (χ0v) is 9.38. The Morgan fingerprint density at radius 1 is 0.706 bits per heavy atom. The SMILES string of the molecule is c1cc[n+](Nc2cccc3ccccc23)cc1. The van der Waals surface area contributed by atoms with Crippen LogP contribution < -0.4 is 10.1 Å². The van der Waals surface area contributed by atoms with Gasteiger partial charge in [0.25, 0.3) is 0 Å². The highest BCUT2D eigenvalue weighted by molar-refractivity contribution is 5.93. The van der Waals surface area contributed by atoms with E-state index in [0.717, 1.165) is 5.69 Å². The van der Waals surface area contributed by atoms with Gasteiger partial charge in [0.1, 0.15) is 5.69 Å². The fraction of sp³-hybridized carbons (Fsp3) is 0. The van der Waals surface area contributed by atoms with Crippen LogP contribution in [0.15, 0.2) is 73.1 Å². The molecule has 2 nitrogen and oxygen atoms in total. The van der Waals surface area contributed by atoms with E-state index >= 15 is 0 Å². The van der Waals surface area contributed by atoms with E-state index in [9.17, 15) is 0 Å². The Labute approximate surface area is 100 Å². The molecule has 0 aliphatic carbocycles. The first-order valence-corrected chi connectivity index (χ1v) is 5.64. The Hall–Kier alpha value is -2.35. The number of nitrogens with zero attached hydrogens (tertiary/aromatic N) is 1. The maximum Gasteiger partial charge on any atom is 0.199 e. The van der Waals surface area contributed by atoms with Crippen molar-refractivity contribution in [1.82, 2.24) is 0 Å². The highest BCUT2D eigenvalue weighted by atomic mass is 15.4. The molecule has 0 saturated heterocycles. The molecule has 0 bridgehead atoms. The normalized spacial score (nSPS) is 10.4. The largest absolute Gasteiger partial charge is 0.199 e. The molecule has 17 heavy (non-hydrogen) atoms. The smallest absolute Gasteiger partial charge is 0.160 e. The minimum atomic E-state index is 1.11. The lowest BCUT2D eigenvalue weighted by Crippen LogP contribution is -2.41. The summed E-state index contributed by atoms with van der Waals surface area (Å²) in [5.41, 5.74) is 4.47. The molecule has 3 rings (SSSR count). The Morgan fingerprint density at radius 3 is 2.35 bits per heavy atom. The van der Waals surface area contributed by atoms with Gasteiger partial charge >= 0.3 is 0 Å². The number of fused-ring (bicyclic) bond motifs is 1. The molecule has 0 radical (unpaired) electrons. The van der Waals surface area contributed by atoms with Crippen molar-refractivity contribution in [2.24, 2.45) is 0 Å². The van der Waals surface area contributed by atoms with Gasteiger partial charge < -0.3 is 0 Å². The number of nitrogens with one attached hydrogen (secondary N) is 1. The summed E-state index contributed by atoms with van der Waals surface area (Å²) in [5, 5.41) is 2.47. The Balaban J connectivity index is 2.06. The van der Waals surface area contributed by atoms with Gasteiger partial charge in [0.05, 0.1) is 0 Å². The minimum absolute atomic E-state index is 1.11. The first-order chi connectivity index (χ1) is 8.43. The lowest BCUT2D eigenvalue weighted by Gasteiger charge is -2.04. The molecule has 0 aliphatic rings. The van der Waals surface area contributed by atoms with E-state index in [-0.39, 0.29) is 0 Å². The van der Waals surface area contributed by atoms with Gasteiger partial charge in [-0.3, -0.25) is 0 Å². The molecule has 2 aromatic carbocycles. The summed E-state index contributed by atoms with van der Waals surface area (Å²) in [6.45, 7) is 0. The van der Waals surface area contributed by atoms with Crippen LogP contribution in [0.2, 0.25) is 0 Å². The van der Waals surface area contributed by atoms with Crippen LogP contribution in [0.3, 0.4) is 0 Å². The molecule has 0 saturated carbocycles. The van der Waals surface area contributed by atoms with Crippen LogP contribution in [-0.2, 0) is 0 Å². The number of hydrogen-bond acceptors (Lipinski definition) is 1. The van der Waals surface area contributed by atoms with Crippen LogP contribution in [0.5, 0.6) is 0 Å². The van der Waals surface area contributed by atoms with E-state index in [1.807, 2.05) is 35.3 Å². The highest BCUT2D eigenvalue weighted by Gasteiger charge is 2.03. The maximum atomic E-state index is 3.36. The summed E-state index contributed by atoms with van der Waals surface area (Å²) in [7, 11) is 0. The number of anilines is 1. The van der Waals surface area contributed by atoms with Crippen molar-refractivity contribution in [1.29, 1.82) is 0 Å². The second-order valence-electron chi connectivity index (χ2n) is 3.92. The molecule has 2 heteroatoms. The third-order valence-electron chi connectivity index (χ3n) is 2.75. The third-order valence-corrected chi connectivity index (χ3v) is 2.75. The molecule has 0 amide bonds. The van der Waals surface area contributed by atoms with E-state index in [2.05, 4.69) is 47.9 Å². The summed E-state index contributed by atoms with van der Waals surface area (Å²) in [4.78, 5) is 0. The lowest BCUT2D eigenvalue weighted by atomic mass is 10.1. The first-order valence-electron chi connectivity index (χ1n) is 5.64. The molecule has 1 heterocycles. The summed E-state index contributed by atoms with van der Waals surface area (Å²) in [6, 6.07) is 20.6. The molecule has 1 aromatic heterocycles. The average molecular weight is 221 g/mol. The van der Waals surface area contributed by atoms with Gasteiger partial charge in [-0.15, -0.1) is 0 Å². The first kappa shape index (κ1) is 9.85. The second-order valence-corrected chi connectivity index (χ2v) is 3.92. The average Bonchev–Trinajstić information content (AvgIpc) is 2.40. The Morgan fingerprint density at radius 2 is 1.47 bits per heavy atom. The molecule has 3 aromatic rings. The zero-order valence-electron chi connectivity index (χ0n) is 9.38. The predicted molar refractivity (Wildman–Crippen MR) is 69.6 cm³/mol. The molecule has 0 atom stereocenters. The van der Waals surface area contributed by atoms with Gasteiger partial charge in [0.15, 0.2) is 12.4 Å². The maximum absolute atomic E-state index is 3.36. The fourth-order valence-electron chi connectivity index (χ4n) is 1.94. The van der Waals surface area contributed by atoms with Gasteiger partial charge in [0.2, 0.25) is 0 Å². The van der Waals surface area contributed by atoms with Crippen LogP contribution in [0.4, 0.5) is 5.69 Å². The molecular weight excluding hydrogens is 208 g/mol. The molecule has 1 N–H and O–H groups in total. The molecule has 0 unspecified atom stereocenters. The van der Waals surface area contributed by atoms with Gasteiger partial charge in [-0.2, -0.15) is 5.43 Å². The number of hydrogen-bond donors (Lipinski definition) is 1. The highest BCUT2D eigenvalue weighted by Crippen LogP contribution is 2.21. The van der Waals surface area contributed by atoms with Crippen LogP contribution in [-0.4, -0.2) is 0 Å². The van der Waals surface area contributed by atoms with E-state index < -0.39 is 0 Å². The zero-order chi connectivity index (χ0) is 11.5. The third kappa shape index (κ3) is 1.97. The van der Waals surface area contributed by atoms with Gasteiger partial charge in [-0.1, -0.05) is 47.1 Å².